The zero-order valence-electron chi connectivity index (χ0n) is 11.2. The summed E-state index contributed by atoms with van der Waals surface area (Å²) in [6.07, 6.45) is -2.75. The predicted molar refractivity (Wildman–Crippen MR) is 71.1 cm³/mol. The summed E-state index contributed by atoms with van der Waals surface area (Å²) in [6, 6.07) is 1.04. The minimum absolute atomic E-state index is 0.0202. The third-order valence-electron chi connectivity index (χ3n) is 2.86. The summed E-state index contributed by atoms with van der Waals surface area (Å²) in [5.74, 6) is -0.855. The Morgan fingerprint density at radius 1 is 1.48 bits per heavy atom. The van der Waals surface area contributed by atoms with Gasteiger partial charge in [-0.25, -0.2) is 9.78 Å². The molecular weight excluding hydrogens is 355 g/mol. The van der Waals surface area contributed by atoms with Crippen molar-refractivity contribution in [1.29, 1.82) is 0 Å². The summed E-state index contributed by atoms with van der Waals surface area (Å²) in [5, 5.41) is 0. The lowest BCUT2D eigenvalue weighted by molar-refractivity contribution is -0.142. The number of alkyl halides is 3. The Balaban J connectivity index is 2.35. The average molecular weight is 368 g/mol. The van der Waals surface area contributed by atoms with Crippen LogP contribution < -0.4 is 4.74 Å². The highest BCUT2D eigenvalue weighted by atomic mass is 79.9. The van der Waals surface area contributed by atoms with Gasteiger partial charge in [-0.3, -0.25) is 0 Å². The van der Waals surface area contributed by atoms with Crippen LogP contribution >= 0.6 is 15.9 Å². The van der Waals surface area contributed by atoms with Crippen LogP contribution in [-0.2, 0) is 10.9 Å². The van der Waals surface area contributed by atoms with Crippen molar-refractivity contribution in [3.63, 3.8) is 0 Å². The zero-order valence-corrected chi connectivity index (χ0v) is 12.8. The van der Waals surface area contributed by atoms with E-state index < -0.39 is 23.4 Å². The number of aromatic nitrogens is 1. The third-order valence-corrected chi connectivity index (χ3v) is 3.43. The number of hydrogen-bond donors (Lipinski definition) is 0. The number of hydrogen-bond acceptors (Lipinski definition) is 4. The van der Waals surface area contributed by atoms with Crippen LogP contribution in [0.25, 0.3) is 0 Å². The van der Waals surface area contributed by atoms with Crippen molar-refractivity contribution in [2.45, 2.75) is 25.9 Å². The minimum atomic E-state index is -4.76. The van der Waals surface area contributed by atoms with Crippen molar-refractivity contribution >= 4 is 21.9 Å². The fraction of sp³-hybridized carbons (Fsp3) is 0.538. The molecule has 4 nitrogen and oxygen atoms in total. The van der Waals surface area contributed by atoms with E-state index in [0.29, 0.717) is 12.5 Å². The van der Waals surface area contributed by atoms with Crippen molar-refractivity contribution in [3.05, 3.63) is 21.8 Å². The summed E-state index contributed by atoms with van der Waals surface area (Å²) >= 11 is 3.08. The first-order valence-corrected chi connectivity index (χ1v) is 7.20. The monoisotopic (exact) mass is 367 g/mol. The van der Waals surface area contributed by atoms with E-state index in [0.717, 1.165) is 18.9 Å². The van der Waals surface area contributed by atoms with Crippen molar-refractivity contribution in [3.8, 4) is 5.88 Å². The molecule has 1 heterocycles. The predicted octanol–water partition coefficient (Wildman–Crippen LogP) is 3.83. The molecule has 0 bridgehead atoms. The highest BCUT2D eigenvalue weighted by Gasteiger charge is 2.39. The van der Waals surface area contributed by atoms with Crippen LogP contribution in [-0.4, -0.2) is 24.2 Å². The first kappa shape index (κ1) is 16.1. The average Bonchev–Trinajstić information content (AvgIpc) is 3.20. The standard InChI is InChI=1S/C13H13BrF3NO3/c1-2-20-12(19)8-5-9(14)11(21-6-7-3-4-7)18-10(8)13(15,16)17/h5,7H,2-4,6H2,1H3. The summed E-state index contributed by atoms with van der Waals surface area (Å²) in [5.41, 5.74) is -1.93. The Bertz CT molecular complexity index is 544. The summed E-state index contributed by atoms with van der Waals surface area (Å²) < 4.78 is 49.2. The molecule has 0 saturated heterocycles. The van der Waals surface area contributed by atoms with Gasteiger partial charge >= 0.3 is 12.1 Å². The molecule has 21 heavy (non-hydrogen) atoms. The molecule has 0 radical (unpaired) electrons. The minimum Gasteiger partial charge on any atom is -0.477 e. The van der Waals surface area contributed by atoms with Crippen LogP contribution in [0.2, 0.25) is 0 Å². The molecule has 0 aromatic carbocycles. The van der Waals surface area contributed by atoms with Gasteiger partial charge in [0.05, 0.1) is 23.2 Å². The number of rotatable bonds is 5. The van der Waals surface area contributed by atoms with Crippen LogP contribution in [0.1, 0.15) is 35.8 Å². The molecule has 8 heteroatoms. The molecule has 2 rings (SSSR count). The number of pyridine rings is 1. The quantitative estimate of drug-likeness (QED) is 0.742. The van der Waals surface area contributed by atoms with Crippen molar-refractivity contribution < 1.29 is 27.4 Å². The van der Waals surface area contributed by atoms with Gasteiger partial charge in [-0.15, -0.1) is 0 Å². The van der Waals surface area contributed by atoms with Gasteiger partial charge in [0.2, 0.25) is 5.88 Å². The molecule has 116 valence electrons. The van der Waals surface area contributed by atoms with E-state index in [9.17, 15) is 18.0 Å². The Morgan fingerprint density at radius 3 is 2.67 bits per heavy atom. The fourth-order valence-corrected chi connectivity index (χ4v) is 2.07. The van der Waals surface area contributed by atoms with Crippen molar-refractivity contribution in [1.82, 2.24) is 4.98 Å². The Hall–Kier alpha value is -1.31. The molecule has 1 aliphatic rings. The Kier molecular flexibility index (Phi) is 4.75. The number of nitrogens with zero attached hydrogens (tertiary/aromatic N) is 1. The maximum atomic E-state index is 13.0. The van der Waals surface area contributed by atoms with Gasteiger partial charge in [0.25, 0.3) is 0 Å². The second-order valence-electron chi connectivity index (χ2n) is 4.64. The number of ether oxygens (including phenoxy) is 2. The highest BCUT2D eigenvalue weighted by molar-refractivity contribution is 9.10. The second-order valence-corrected chi connectivity index (χ2v) is 5.50. The molecule has 1 saturated carbocycles. The van der Waals surface area contributed by atoms with Crippen molar-refractivity contribution in [2.75, 3.05) is 13.2 Å². The van der Waals surface area contributed by atoms with E-state index >= 15 is 0 Å². The van der Waals surface area contributed by atoms with Gasteiger partial charge in [-0.05, 0) is 47.7 Å². The summed E-state index contributed by atoms with van der Waals surface area (Å²) in [4.78, 5) is 15.1. The molecule has 0 aliphatic heterocycles. The first-order valence-electron chi connectivity index (χ1n) is 6.40. The Morgan fingerprint density at radius 2 is 2.14 bits per heavy atom. The summed E-state index contributed by atoms with van der Waals surface area (Å²) in [6.45, 7) is 1.82. The molecule has 1 aromatic rings. The van der Waals surface area contributed by atoms with E-state index in [2.05, 4.69) is 25.7 Å². The van der Waals surface area contributed by atoms with Gasteiger partial charge in [-0.2, -0.15) is 13.2 Å². The van der Waals surface area contributed by atoms with Crippen LogP contribution in [0.15, 0.2) is 10.5 Å². The first-order chi connectivity index (χ1) is 9.82. The highest BCUT2D eigenvalue weighted by Crippen LogP contribution is 2.36. The molecule has 0 N–H and O–H groups in total. The lowest BCUT2D eigenvalue weighted by Gasteiger charge is -2.14. The zero-order chi connectivity index (χ0) is 15.6. The lowest BCUT2D eigenvalue weighted by Crippen LogP contribution is -2.18. The number of carbonyl (C=O) groups is 1. The maximum absolute atomic E-state index is 13.0. The normalized spacial score (nSPS) is 14.9. The number of esters is 1. The molecule has 1 aliphatic carbocycles. The van der Waals surface area contributed by atoms with Gasteiger partial charge < -0.3 is 9.47 Å². The van der Waals surface area contributed by atoms with E-state index in [1.54, 1.807) is 0 Å². The van der Waals surface area contributed by atoms with E-state index in [1.807, 2.05) is 0 Å². The molecular formula is C13H13BrF3NO3. The van der Waals surface area contributed by atoms with E-state index in [-0.39, 0.29) is 17.0 Å². The van der Waals surface area contributed by atoms with Crippen LogP contribution in [0, 0.1) is 5.92 Å². The fourth-order valence-electron chi connectivity index (χ4n) is 1.64. The molecule has 1 fully saturated rings. The second kappa shape index (κ2) is 6.21. The molecule has 0 atom stereocenters. The summed E-state index contributed by atoms with van der Waals surface area (Å²) in [7, 11) is 0. The maximum Gasteiger partial charge on any atom is 0.434 e. The van der Waals surface area contributed by atoms with Gasteiger partial charge in [0.15, 0.2) is 5.69 Å². The van der Waals surface area contributed by atoms with Gasteiger partial charge in [0, 0.05) is 0 Å². The van der Waals surface area contributed by atoms with Crippen molar-refractivity contribution in [2.24, 2.45) is 5.92 Å². The largest absolute Gasteiger partial charge is 0.477 e. The number of halogens is 4. The molecule has 1 aromatic heterocycles. The van der Waals surface area contributed by atoms with Crippen LogP contribution in [0.3, 0.4) is 0 Å². The topological polar surface area (TPSA) is 48.4 Å². The van der Waals surface area contributed by atoms with Gasteiger partial charge in [0.1, 0.15) is 0 Å². The van der Waals surface area contributed by atoms with Crippen LogP contribution in [0.4, 0.5) is 13.2 Å². The Labute approximate surface area is 127 Å². The van der Waals surface area contributed by atoms with Gasteiger partial charge in [-0.1, -0.05) is 0 Å². The smallest absolute Gasteiger partial charge is 0.434 e. The molecule has 0 spiro atoms. The van der Waals surface area contributed by atoms with E-state index in [1.165, 1.54) is 6.92 Å². The number of carbonyl (C=O) groups excluding carboxylic acids is 1. The SMILES string of the molecule is CCOC(=O)c1cc(Br)c(OCC2CC2)nc1C(F)(F)F. The molecule has 0 unspecified atom stereocenters. The molecule has 0 amide bonds. The lowest BCUT2D eigenvalue weighted by atomic mass is 10.2. The van der Waals surface area contributed by atoms with Crippen LogP contribution in [0.5, 0.6) is 5.88 Å². The third kappa shape index (κ3) is 4.09. The van der Waals surface area contributed by atoms with E-state index in [4.69, 9.17) is 4.74 Å².